The highest BCUT2D eigenvalue weighted by Gasteiger charge is 2.24. The Kier molecular flexibility index (Phi) is 4.20. The number of H-pyrrole nitrogens is 1. The molecule has 5 aromatic rings. The molecule has 0 amide bonds. The van der Waals surface area contributed by atoms with Crippen molar-refractivity contribution in [2.45, 2.75) is 25.3 Å². The van der Waals surface area contributed by atoms with Crippen LogP contribution in [0.4, 0.5) is 10.3 Å². The summed E-state index contributed by atoms with van der Waals surface area (Å²) < 4.78 is 15.3. The van der Waals surface area contributed by atoms with Gasteiger partial charge in [0.05, 0.1) is 18.0 Å². The van der Waals surface area contributed by atoms with E-state index in [1.165, 1.54) is 39.6 Å². The van der Waals surface area contributed by atoms with Gasteiger partial charge < -0.3 is 10.3 Å². The Morgan fingerprint density at radius 1 is 1.19 bits per heavy atom. The summed E-state index contributed by atoms with van der Waals surface area (Å²) in [6, 6.07) is 9.73. The third kappa shape index (κ3) is 3.01. The topological polar surface area (TPSA) is 101 Å². The van der Waals surface area contributed by atoms with Crippen LogP contribution in [0, 0.1) is 5.82 Å². The van der Waals surface area contributed by atoms with Crippen molar-refractivity contribution in [2.75, 3.05) is 5.32 Å². The smallest absolute Gasteiger partial charge is 0.228 e. The summed E-state index contributed by atoms with van der Waals surface area (Å²) in [5, 5.41) is 9.01. The number of aryl methyl sites for hydroxylation is 1. The van der Waals surface area contributed by atoms with E-state index >= 15 is 0 Å². The van der Waals surface area contributed by atoms with Gasteiger partial charge in [0.25, 0.3) is 0 Å². The molecule has 32 heavy (non-hydrogen) atoms. The van der Waals surface area contributed by atoms with Crippen molar-refractivity contribution in [2.24, 2.45) is 0 Å². The number of nitrogens with one attached hydrogen (secondary N) is 2. The first kappa shape index (κ1) is 18.6. The van der Waals surface area contributed by atoms with E-state index in [0.717, 1.165) is 31.0 Å². The number of carbonyl (C=O) groups excluding carboxylic acids is 1. The summed E-state index contributed by atoms with van der Waals surface area (Å²) in [5.41, 5.74) is 4.84. The lowest BCUT2D eigenvalue weighted by Gasteiger charge is -2.24. The molecule has 0 bridgehead atoms. The Labute approximate surface area is 181 Å². The van der Waals surface area contributed by atoms with Crippen LogP contribution in [0.5, 0.6) is 0 Å². The van der Waals surface area contributed by atoms with E-state index in [0.29, 0.717) is 29.0 Å². The van der Waals surface area contributed by atoms with E-state index in [2.05, 4.69) is 42.5 Å². The van der Waals surface area contributed by atoms with Crippen LogP contribution in [0.15, 0.2) is 48.9 Å². The van der Waals surface area contributed by atoms with Crippen LogP contribution in [-0.4, -0.2) is 41.9 Å². The van der Waals surface area contributed by atoms with E-state index in [4.69, 9.17) is 0 Å². The zero-order chi connectivity index (χ0) is 21.7. The summed E-state index contributed by atoms with van der Waals surface area (Å²) in [4.78, 5) is 28.0. The maximum atomic E-state index is 13.8. The van der Waals surface area contributed by atoms with Crippen molar-refractivity contribution in [3.63, 3.8) is 0 Å². The fraction of sp³-hybridized carbons (Fsp3) is 0.174. The number of benzene rings is 1. The largest absolute Gasteiger partial charge is 0.358 e. The Morgan fingerprint density at radius 2 is 2.09 bits per heavy atom. The van der Waals surface area contributed by atoms with Gasteiger partial charge in [-0.15, -0.1) is 0 Å². The molecule has 0 saturated heterocycles. The molecule has 4 aromatic heterocycles. The maximum Gasteiger partial charge on any atom is 0.228 e. The second-order valence-electron chi connectivity index (χ2n) is 7.93. The molecule has 9 heteroatoms. The zero-order valence-corrected chi connectivity index (χ0v) is 16.9. The molecule has 4 heterocycles. The van der Waals surface area contributed by atoms with Gasteiger partial charge in [0.15, 0.2) is 17.8 Å². The molecule has 0 aliphatic heterocycles. The second kappa shape index (κ2) is 7.23. The van der Waals surface area contributed by atoms with Gasteiger partial charge in [0.1, 0.15) is 5.82 Å². The van der Waals surface area contributed by atoms with Crippen LogP contribution in [0.2, 0.25) is 0 Å². The van der Waals surface area contributed by atoms with Crippen molar-refractivity contribution in [3.8, 4) is 11.4 Å². The number of nitrogens with zero attached hydrogens (tertiary/aromatic N) is 5. The monoisotopic (exact) mass is 427 g/mol. The SMILES string of the molecule is O=Cc1cnn2c(N[C@@H]3CCc4[nH]c5ccccc5c4C3)nc(-c3cncc(F)c3)nc12. The van der Waals surface area contributed by atoms with Gasteiger partial charge in [0.2, 0.25) is 5.95 Å². The van der Waals surface area contributed by atoms with E-state index in [9.17, 15) is 9.18 Å². The fourth-order valence-corrected chi connectivity index (χ4v) is 4.41. The average molecular weight is 427 g/mol. The number of pyridine rings is 1. The number of hydrogen-bond acceptors (Lipinski definition) is 6. The van der Waals surface area contributed by atoms with Gasteiger partial charge in [0, 0.05) is 34.4 Å². The van der Waals surface area contributed by atoms with Gasteiger partial charge >= 0.3 is 0 Å². The minimum atomic E-state index is -0.483. The highest BCUT2D eigenvalue weighted by atomic mass is 19.1. The average Bonchev–Trinajstić information content (AvgIpc) is 3.40. The lowest BCUT2D eigenvalue weighted by atomic mass is 9.91. The van der Waals surface area contributed by atoms with E-state index in [1.807, 2.05) is 12.1 Å². The van der Waals surface area contributed by atoms with Gasteiger partial charge in [-0.25, -0.2) is 9.37 Å². The number of aromatic nitrogens is 6. The van der Waals surface area contributed by atoms with Gasteiger partial charge in [-0.3, -0.25) is 9.78 Å². The molecule has 8 nitrogen and oxygen atoms in total. The molecule has 1 aliphatic carbocycles. The van der Waals surface area contributed by atoms with Crippen molar-refractivity contribution >= 4 is 28.8 Å². The summed E-state index contributed by atoms with van der Waals surface area (Å²) in [5.74, 6) is 0.249. The number of carbonyl (C=O) groups is 1. The van der Waals surface area contributed by atoms with Gasteiger partial charge in [-0.2, -0.15) is 14.6 Å². The first-order valence-corrected chi connectivity index (χ1v) is 10.4. The normalized spacial score (nSPS) is 15.7. The lowest BCUT2D eigenvalue weighted by molar-refractivity contribution is 0.112. The Balaban J connectivity index is 1.41. The molecule has 0 fully saturated rings. The van der Waals surface area contributed by atoms with Crippen molar-refractivity contribution in [1.29, 1.82) is 0 Å². The van der Waals surface area contributed by atoms with Crippen LogP contribution in [0.1, 0.15) is 28.0 Å². The molecule has 0 saturated carbocycles. The minimum absolute atomic E-state index is 0.113. The predicted molar refractivity (Wildman–Crippen MR) is 117 cm³/mol. The Morgan fingerprint density at radius 3 is 2.97 bits per heavy atom. The molecular weight excluding hydrogens is 409 g/mol. The minimum Gasteiger partial charge on any atom is -0.358 e. The van der Waals surface area contributed by atoms with E-state index in [-0.39, 0.29) is 11.9 Å². The highest BCUT2D eigenvalue weighted by Crippen LogP contribution is 2.30. The van der Waals surface area contributed by atoms with Crippen molar-refractivity contribution < 1.29 is 9.18 Å². The molecular formula is C23H18FN7O. The van der Waals surface area contributed by atoms with Gasteiger partial charge in [-0.05, 0) is 37.0 Å². The number of aldehydes is 1. The molecule has 6 rings (SSSR count). The molecule has 0 radical (unpaired) electrons. The zero-order valence-electron chi connectivity index (χ0n) is 16.9. The second-order valence-corrected chi connectivity index (χ2v) is 7.93. The van der Waals surface area contributed by atoms with Crippen LogP contribution >= 0.6 is 0 Å². The number of fused-ring (bicyclic) bond motifs is 4. The molecule has 0 unspecified atom stereocenters. The van der Waals surface area contributed by atoms with Gasteiger partial charge in [-0.1, -0.05) is 18.2 Å². The Bertz CT molecular complexity index is 1490. The maximum absolute atomic E-state index is 13.8. The first-order valence-electron chi connectivity index (χ1n) is 10.4. The predicted octanol–water partition coefficient (Wildman–Crippen LogP) is 3.59. The van der Waals surface area contributed by atoms with Crippen LogP contribution < -0.4 is 5.32 Å². The number of anilines is 1. The molecule has 1 atom stereocenters. The van der Waals surface area contributed by atoms with Crippen LogP contribution in [0.25, 0.3) is 27.9 Å². The molecule has 1 aromatic carbocycles. The van der Waals surface area contributed by atoms with Crippen LogP contribution in [-0.2, 0) is 12.8 Å². The summed E-state index contributed by atoms with van der Waals surface area (Å²) in [6.45, 7) is 0. The summed E-state index contributed by atoms with van der Waals surface area (Å²) in [7, 11) is 0. The number of halogens is 1. The standard InChI is InChI=1S/C23H18FN7O/c24-15-7-13(9-25-11-15)21-29-22-14(12-32)10-26-31(22)23(30-21)27-16-5-6-20-18(8-16)17-3-1-2-4-19(17)28-20/h1-4,7,9-12,16,28H,5-6,8H2,(H,27,29,30)/t16-/m1/s1. The molecule has 0 spiro atoms. The molecule has 158 valence electrons. The highest BCUT2D eigenvalue weighted by molar-refractivity contribution is 5.85. The van der Waals surface area contributed by atoms with Crippen LogP contribution in [0.3, 0.4) is 0 Å². The van der Waals surface area contributed by atoms with Crippen molar-refractivity contribution in [3.05, 3.63) is 71.6 Å². The number of aromatic amines is 1. The number of rotatable bonds is 4. The number of para-hydroxylation sites is 1. The quantitative estimate of drug-likeness (QED) is 0.425. The number of hydrogen-bond donors (Lipinski definition) is 2. The van der Waals surface area contributed by atoms with E-state index in [1.54, 1.807) is 0 Å². The Hall–Kier alpha value is -4.14. The van der Waals surface area contributed by atoms with Crippen molar-refractivity contribution in [1.82, 2.24) is 29.5 Å². The lowest BCUT2D eigenvalue weighted by Crippen LogP contribution is -2.29. The third-order valence-electron chi connectivity index (χ3n) is 5.91. The van der Waals surface area contributed by atoms with E-state index < -0.39 is 5.82 Å². The fourth-order valence-electron chi connectivity index (χ4n) is 4.41. The summed E-state index contributed by atoms with van der Waals surface area (Å²) in [6.07, 6.45) is 7.41. The molecule has 2 N–H and O–H groups in total. The summed E-state index contributed by atoms with van der Waals surface area (Å²) >= 11 is 0. The first-order chi connectivity index (χ1) is 15.7. The third-order valence-corrected chi connectivity index (χ3v) is 5.91. The molecule has 1 aliphatic rings.